The first kappa shape index (κ1) is 19.8. The summed E-state index contributed by atoms with van der Waals surface area (Å²) in [7, 11) is 0. The molecule has 0 aliphatic heterocycles. The van der Waals surface area contributed by atoms with E-state index in [-0.39, 0.29) is 0 Å². The Morgan fingerprint density at radius 3 is 2.68 bits per heavy atom. The van der Waals surface area contributed by atoms with Gasteiger partial charge in [0.15, 0.2) is 10.9 Å². The van der Waals surface area contributed by atoms with Crippen molar-refractivity contribution in [3.05, 3.63) is 88.9 Å². The van der Waals surface area contributed by atoms with E-state index in [4.69, 9.17) is 8.94 Å². The lowest BCUT2D eigenvalue weighted by atomic mass is 10.2. The van der Waals surface area contributed by atoms with E-state index in [1.54, 1.807) is 6.26 Å². The van der Waals surface area contributed by atoms with Crippen LogP contribution in [-0.2, 0) is 12.3 Å². The Balaban J connectivity index is 1.38. The molecule has 0 aliphatic carbocycles. The highest BCUT2D eigenvalue weighted by Gasteiger charge is 2.18. The smallest absolute Gasteiger partial charge is 0.237 e. The summed E-state index contributed by atoms with van der Waals surface area (Å²) in [4.78, 5) is 4.51. The molecule has 9 heteroatoms. The van der Waals surface area contributed by atoms with Gasteiger partial charge in [-0.05, 0) is 29.8 Å². The number of halogens is 1. The summed E-state index contributed by atoms with van der Waals surface area (Å²) in [5, 5.41) is 13.6. The summed E-state index contributed by atoms with van der Waals surface area (Å²) in [6.07, 6.45) is 1.63. The van der Waals surface area contributed by atoms with Gasteiger partial charge in [0.1, 0.15) is 0 Å². The second-order valence-electron chi connectivity index (χ2n) is 6.67. The van der Waals surface area contributed by atoms with E-state index in [9.17, 15) is 0 Å². The minimum Gasteiger partial charge on any atom is -0.461 e. The maximum absolute atomic E-state index is 5.56. The van der Waals surface area contributed by atoms with Gasteiger partial charge in [-0.3, -0.25) is 4.57 Å². The van der Waals surface area contributed by atoms with E-state index in [1.165, 1.54) is 11.8 Å². The monoisotopic (exact) mass is 493 g/mol. The lowest BCUT2D eigenvalue weighted by Crippen LogP contribution is -2.04. The van der Waals surface area contributed by atoms with Crippen molar-refractivity contribution < 1.29 is 8.94 Å². The van der Waals surface area contributed by atoms with Gasteiger partial charge in [-0.25, -0.2) is 0 Å². The average Bonchev–Trinajstić information content (AvgIpc) is 3.54. The molecule has 5 rings (SSSR count). The van der Waals surface area contributed by atoms with Crippen LogP contribution in [0.3, 0.4) is 0 Å². The minimum atomic E-state index is 0.478. The first-order valence-corrected chi connectivity index (χ1v) is 11.3. The zero-order valence-corrected chi connectivity index (χ0v) is 18.6. The molecule has 2 aromatic carbocycles. The average molecular weight is 494 g/mol. The van der Waals surface area contributed by atoms with Gasteiger partial charge in [-0.1, -0.05) is 75.3 Å². The Kier molecular flexibility index (Phi) is 5.68. The molecule has 0 unspecified atom stereocenters. The molecule has 0 N–H and O–H groups in total. The normalized spacial score (nSPS) is 11.1. The molecule has 154 valence electrons. The summed E-state index contributed by atoms with van der Waals surface area (Å²) < 4.78 is 14.0. The number of hydrogen-bond donors (Lipinski definition) is 0. The van der Waals surface area contributed by atoms with Crippen LogP contribution >= 0.6 is 27.7 Å². The lowest BCUT2D eigenvalue weighted by molar-refractivity contribution is 0.391. The molecule has 0 atom stereocenters. The van der Waals surface area contributed by atoms with Crippen molar-refractivity contribution in [3.8, 4) is 23.0 Å². The summed E-state index contributed by atoms with van der Waals surface area (Å²) in [6.45, 7) is 0.624. The molecule has 0 saturated heterocycles. The van der Waals surface area contributed by atoms with Crippen molar-refractivity contribution in [3.63, 3.8) is 0 Å². The molecule has 5 aromatic rings. The first-order chi connectivity index (χ1) is 15.3. The van der Waals surface area contributed by atoms with E-state index in [0.29, 0.717) is 35.6 Å². The molecular formula is C22H16BrN5O2S. The van der Waals surface area contributed by atoms with Gasteiger partial charge >= 0.3 is 0 Å². The van der Waals surface area contributed by atoms with E-state index in [2.05, 4.69) is 48.4 Å². The fourth-order valence-corrected chi connectivity index (χ4v) is 4.25. The van der Waals surface area contributed by atoms with Crippen LogP contribution in [0.25, 0.3) is 23.0 Å². The van der Waals surface area contributed by atoms with Crippen molar-refractivity contribution >= 4 is 27.7 Å². The third kappa shape index (κ3) is 4.47. The highest BCUT2D eigenvalue weighted by atomic mass is 79.9. The van der Waals surface area contributed by atoms with Crippen LogP contribution < -0.4 is 0 Å². The number of hydrogen-bond acceptors (Lipinski definition) is 7. The molecule has 3 aromatic heterocycles. The van der Waals surface area contributed by atoms with Crippen molar-refractivity contribution in [2.24, 2.45) is 0 Å². The Labute approximate surface area is 190 Å². The molecular weight excluding hydrogens is 478 g/mol. The Morgan fingerprint density at radius 2 is 1.87 bits per heavy atom. The molecule has 3 heterocycles. The number of benzene rings is 2. The van der Waals surface area contributed by atoms with E-state index >= 15 is 0 Å². The Morgan fingerprint density at radius 1 is 0.968 bits per heavy atom. The third-order valence-electron chi connectivity index (χ3n) is 4.52. The van der Waals surface area contributed by atoms with Crippen molar-refractivity contribution in [2.75, 3.05) is 0 Å². The van der Waals surface area contributed by atoms with Crippen LogP contribution in [0.1, 0.15) is 11.5 Å². The van der Waals surface area contributed by atoms with Crippen LogP contribution in [-0.4, -0.2) is 24.9 Å². The number of aromatic nitrogens is 5. The summed E-state index contributed by atoms with van der Waals surface area (Å²) in [5.74, 6) is 2.90. The zero-order valence-electron chi connectivity index (χ0n) is 16.2. The number of rotatable bonds is 7. The molecule has 7 nitrogen and oxygen atoms in total. The molecule has 0 fully saturated rings. The van der Waals surface area contributed by atoms with Gasteiger partial charge < -0.3 is 8.94 Å². The van der Waals surface area contributed by atoms with Crippen LogP contribution in [0.2, 0.25) is 0 Å². The van der Waals surface area contributed by atoms with Gasteiger partial charge in [-0.2, -0.15) is 4.98 Å². The third-order valence-corrected chi connectivity index (χ3v) is 5.96. The maximum atomic E-state index is 5.56. The Hall–Kier alpha value is -3.17. The highest BCUT2D eigenvalue weighted by Crippen LogP contribution is 2.28. The molecule has 0 saturated carbocycles. The van der Waals surface area contributed by atoms with Crippen molar-refractivity contribution in [1.82, 2.24) is 24.9 Å². The second-order valence-corrected chi connectivity index (χ2v) is 8.52. The maximum Gasteiger partial charge on any atom is 0.237 e. The van der Waals surface area contributed by atoms with Crippen LogP contribution in [0.4, 0.5) is 0 Å². The van der Waals surface area contributed by atoms with Gasteiger partial charge in [-0.15, -0.1) is 10.2 Å². The lowest BCUT2D eigenvalue weighted by Gasteiger charge is -2.08. The van der Waals surface area contributed by atoms with E-state index < -0.39 is 0 Å². The number of nitrogens with zero attached hydrogens (tertiary/aromatic N) is 5. The largest absolute Gasteiger partial charge is 0.461 e. The zero-order chi connectivity index (χ0) is 21.0. The number of thioether (sulfide) groups is 1. The predicted molar refractivity (Wildman–Crippen MR) is 120 cm³/mol. The molecule has 31 heavy (non-hydrogen) atoms. The summed E-state index contributed by atoms with van der Waals surface area (Å²) in [6, 6.07) is 21.7. The fourth-order valence-electron chi connectivity index (χ4n) is 3.08. The topological polar surface area (TPSA) is 82.8 Å². The predicted octanol–water partition coefficient (Wildman–Crippen LogP) is 5.69. The van der Waals surface area contributed by atoms with Crippen LogP contribution in [0.5, 0.6) is 0 Å². The molecule has 0 bridgehead atoms. The second kappa shape index (κ2) is 8.91. The standard InChI is InChI=1S/C22H16BrN5O2S/c23-17-9-4-8-16(12-17)20-24-19(30-27-20)14-31-22-26-25-21(18-10-5-11-29-18)28(22)13-15-6-2-1-3-7-15/h1-12H,13-14H2. The van der Waals surface area contributed by atoms with Crippen LogP contribution in [0.15, 0.2) is 91.6 Å². The van der Waals surface area contributed by atoms with Gasteiger partial charge in [0.2, 0.25) is 17.5 Å². The quantitative estimate of drug-likeness (QED) is 0.269. The van der Waals surface area contributed by atoms with E-state index in [0.717, 1.165) is 20.8 Å². The van der Waals surface area contributed by atoms with E-state index in [1.807, 2.05) is 59.2 Å². The van der Waals surface area contributed by atoms with Gasteiger partial charge in [0.05, 0.1) is 18.6 Å². The highest BCUT2D eigenvalue weighted by molar-refractivity contribution is 9.10. The Bertz CT molecular complexity index is 1280. The van der Waals surface area contributed by atoms with Crippen LogP contribution in [0, 0.1) is 0 Å². The summed E-state index contributed by atoms with van der Waals surface area (Å²) in [5.41, 5.74) is 2.04. The first-order valence-electron chi connectivity index (χ1n) is 9.48. The van der Waals surface area contributed by atoms with Crippen molar-refractivity contribution in [2.45, 2.75) is 17.5 Å². The molecule has 0 radical (unpaired) electrons. The summed E-state index contributed by atoms with van der Waals surface area (Å²) >= 11 is 4.96. The molecule has 0 spiro atoms. The van der Waals surface area contributed by atoms with Crippen molar-refractivity contribution in [1.29, 1.82) is 0 Å². The fraction of sp³-hybridized carbons (Fsp3) is 0.0909. The number of furan rings is 1. The van der Waals surface area contributed by atoms with Gasteiger partial charge in [0.25, 0.3) is 0 Å². The van der Waals surface area contributed by atoms with Gasteiger partial charge in [0, 0.05) is 10.0 Å². The minimum absolute atomic E-state index is 0.478. The molecule has 0 amide bonds. The SMILES string of the molecule is Brc1cccc(-c2noc(CSc3nnc(-c4ccco4)n3Cc3ccccc3)n2)c1. The molecule has 0 aliphatic rings.